The number of nitrogens with zero attached hydrogens (tertiary/aromatic N) is 3. The van der Waals surface area contributed by atoms with Crippen LogP contribution >= 0.6 is 0 Å². The largest absolute Gasteiger partial charge is 0.480 e. The van der Waals surface area contributed by atoms with E-state index in [2.05, 4.69) is 0 Å². The standard InChI is InChI=1S/C12H19N3O3/c1-9-4-7-15(10(8-9)11(16)17)12(18)14(2)6-3-5-13/h9-10H,3-4,6-8H2,1-2H3,(H,16,17). The Labute approximate surface area is 107 Å². The van der Waals surface area contributed by atoms with E-state index >= 15 is 0 Å². The first-order valence-electron chi connectivity index (χ1n) is 6.08. The molecule has 1 aliphatic heterocycles. The minimum atomic E-state index is -0.955. The smallest absolute Gasteiger partial charge is 0.326 e. The average Bonchev–Trinajstić information content (AvgIpc) is 2.34. The van der Waals surface area contributed by atoms with Crippen molar-refractivity contribution in [2.45, 2.75) is 32.2 Å². The highest BCUT2D eigenvalue weighted by Gasteiger charge is 2.35. The maximum absolute atomic E-state index is 12.1. The third-order valence-corrected chi connectivity index (χ3v) is 3.28. The van der Waals surface area contributed by atoms with Crippen molar-refractivity contribution in [2.75, 3.05) is 20.1 Å². The van der Waals surface area contributed by atoms with E-state index in [9.17, 15) is 9.59 Å². The molecular weight excluding hydrogens is 234 g/mol. The van der Waals surface area contributed by atoms with Gasteiger partial charge in [-0.15, -0.1) is 0 Å². The van der Waals surface area contributed by atoms with Gasteiger partial charge in [0.2, 0.25) is 0 Å². The van der Waals surface area contributed by atoms with Gasteiger partial charge in [-0.25, -0.2) is 9.59 Å². The molecule has 100 valence electrons. The van der Waals surface area contributed by atoms with Gasteiger partial charge in [-0.1, -0.05) is 6.92 Å². The Balaban J connectivity index is 2.70. The molecule has 0 saturated carbocycles. The Hall–Kier alpha value is -1.77. The number of aliphatic carboxylic acids is 1. The second-order valence-corrected chi connectivity index (χ2v) is 4.79. The number of hydrogen-bond acceptors (Lipinski definition) is 3. The monoisotopic (exact) mass is 253 g/mol. The summed E-state index contributed by atoms with van der Waals surface area (Å²) >= 11 is 0. The van der Waals surface area contributed by atoms with Gasteiger partial charge < -0.3 is 14.9 Å². The Morgan fingerprint density at radius 2 is 2.22 bits per heavy atom. The molecule has 2 atom stereocenters. The molecule has 1 fully saturated rings. The molecule has 0 aliphatic carbocycles. The lowest BCUT2D eigenvalue weighted by atomic mass is 9.93. The number of nitriles is 1. The molecule has 18 heavy (non-hydrogen) atoms. The van der Waals surface area contributed by atoms with Gasteiger partial charge in [0.25, 0.3) is 0 Å². The summed E-state index contributed by atoms with van der Waals surface area (Å²) in [4.78, 5) is 26.1. The first kappa shape index (κ1) is 14.3. The Bertz CT molecular complexity index is 364. The first-order valence-corrected chi connectivity index (χ1v) is 6.08. The lowest BCUT2D eigenvalue weighted by Gasteiger charge is -2.38. The number of rotatable bonds is 3. The summed E-state index contributed by atoms with van der Waals surface area (Å²) in [6.07, 6.45) is 1.57. The molecular formula is C12H19N3O3. The minimum absolute atomic E-state index is 0.254. The maximum atomic E-state index is 12.1. The van der Waals surface area contributed by atoms with Crippen molar-refractivity contribution in [1.29, 1.82) is 5.26 Å². The maximum Gasteiger partial charge on any atom is 0.326 e. The third kappa shape index (κ3) is 3.36. The topological polar surface area (TPSA) is 84.6 Å². The van der Waals surface area contributed by atoms with Gasteiger partial charge in [-0.3, -0.25) is 0 Å². The van der Waals surface area contributed by atoms with Gasteiger partial charge in [-0.05, 0) is 18.8 Å². The molecule has 6 nitrogen and oxygen atoms in total. The van der Waals surface area contributed by atoms with Crippen molar-refractivity contribution >= 4 is 12.0 Å². The summed E-state index contributed by atoms with van der Waals surface area (Å²) in [5, 5.41) is 17.7. The SMILES string of the molecule is CC1CCN(C(=O)N(C)CCC#N)C(C(=O)O)C1. The van der Waals surface area contributed by atoms with Crippen LogP contribution in [0.4, 0.5) is 4.79 Å². The number of urea groups is 1. The first-order chi connectivity index (χ1) is 8.47. The number of carbonyl (C=O) groups excluding carboxylic acids is 1. The predicted molar refractivity (Wildman–Crippen MR) is 64.8 cm³/mol. The number of carboxylic acid groups (broad SMARTS) is 1. The lowest BCUT2D eigenvalue weighted by molar-refractivity contribution is -0.144. The number of carbonyl (C=O) groups is 2. The van der Waals surface area contributed by atoms with Crippen molar-refractivity contribution in [3.8, 4) is 6.07 Å². The normalized spacial score (nSPS) is 23.3. The predicted octanol–water partition coefficient (Wildman–Crippen LogP) is 1.14. The summed E-state index contributed by atoms with van der Waals surface area (Å²) < 4.78 is 0. The Morgan fingerprint density at radius 1 is 1.56 bits per heavy atom. The second-order valence-electron chi connectivity index (χ2n) is 4.79. The summed E-state index contributed by atoms with van der Waals surface area (Å²) in [7, 11) is 1.59. The zero-order valence-corrected chi connectivity index (χ0v) is 10.8. The van der Waals surface area contributed by atoms with Crippen molar-refractivity contribution in [2.24, 2.45) is 5.92 Å². The van der Waals surface area contributed by atoms with Crippen molar-refractivity contribution < 1.29 is 14.7 Å². The van der Waals surface area contributed by atoms with Crippen molar-refractivity contribution in [3.05, 3.63) is 0 Å². The fourth-order valence-corrected chi connectivity index (χ4v) is 2.14. The van der Waals surface area contributed by atoms with Gasteiger partial charge in [0, 0.05) is 20.1 Å². The number of likely N-dealkylation sites (tertiary alicyclic amines) is 1. The van der Waals surface area contributed by atoms with Gasteiger partial charge in [0.15, 0.2) is 0 Å². The summed E-state index contributed by atoms with van der Waals surface area (Å²) in [6, 6.07) is 0.923. The fourth-order valence-electron chi connectivity index (χ4n) is 2.14. The second kappa shape index (κ2) is 6.24. The molecule has 6 heteroatoms. The molecule has 0 radical (unpaired) electrons. The highest BCUT2D eigenvalue weighted by molar-refractivity contribution is 5.82. The molecule has 2 unspecified atom stereocenters. The molecule has 1 rings (SSSR count). The van der Waals surface area contributed by atoms with Gasteiger partial charge in [0.05, 0.1) is 12.5 Å². The van der Waals surface area contributed by atoms with Crippen LogP contribution in [-0.2, 0) is 4.79 Å². The van der Waals surface area contributed by atoms with Crippen LogP contribution in [0, 0.1) is 17.2 Å². The number of hydrogen-bond donors (Lipinski definition) is 1. The zero-order valence-electron chi connectivity index (χ0n) is 10.8. The van der Waals surface area contributed by atoms with Crippen LogP contribution in [0.5, 0.6) is 0 Å². The van der Waals surface area contributed by atoms with Crippen molar-refractivity contribution in [3.63, 3.8) is 0 Å². The van der Waals surface area contributed by atoms with E-state index in [1.807, 2.05) is 13.0 Å². The van der Waals surface area contributed by atoms with E-state index < -0.39 is 12.0 Å². The molecule has 0 bridgehead atoms. The fraction of sp³-hybridized carbons (Fsp3) is 0.750. The summed E-state index contributed by atoms with van der Waals surface area (Å²) in [6.45, 7) is 2.79. The molecule has 1 aliphatic rings. The molecule has 1 saturated heterocycles. The Morgan fingerprint density at radius 3 is 2.78 bits per heavy atom. The van der Waals surface area contributed by atoms with E-state index in [-0.39, 0.29) is 12.5 Å². The summed E-state index contributed by atoms with van der Waals surface area (Å²) in [5.41, 5.74) is 0. The van der Waals surface area contributed by atoms with Crippen LogP contribution in [0.1, 0.15) is 26.2 Å². The van der Waals surface area contributed by atoms with Crippen LogP contribution in [0.3, 0.4) is 0 Å². The quantitative estimate of drug-likeness (QED) is 0.817. The third-order valence-electron chi connectivity index (χ3n) is 3.28. The van der Waals surface area contributed by atoms with Crippen LogP contribution < -0.4 is 0 Å². The van der Waals surface area contributed by atoms with Crippen LogP contribution in [0.25, 0.3) is 0 Å². The van der Waals surface area contributed by atoms with Crippen LogP contribution in [0.2, 0.25) is 0 Å². The van der Waals surface area contributed by atoms with E-state index in [1.54, 1.807) is 7.05 Å². The van der Waals surface area contributed by atoms with Gasteiger partial charge >= 0.3 is 12.0 Å². The minimum Gasteiger partial charge on any atom is -0.480 e. The highest BCUT2D eigenvalue weighted by Crippen LogP contribution is 2.23. The molecule has 1 heterocycles. The Kier molecular flexibility index (Phi) is 4.95. The number of piperidine rings is 1. The van der Waals surface area contributed by atoms with E-state index in [4.69, 9.17) is 10.4 Å². The van der Waals surface area contributed by atoms with E-state index in [1.165, 1.54) is 9.80 Å². The van der Waals surface area contributed by atoms with E-state index in [0.717, 1.165) is 6.42 Å². The van der Waals surface area contributed by atoms with Gasteiger partial charge in [-0.2, -0.15) is 5.26 Å². The van der Waals surface area contributed by atoms with Gasteiger partial charge in [0.1, 0.15) is 6.04 Å². The zero-order chi connectivity index (χ0) is 13.7. The number of amides is 2. The molecule has 0 aromatic carbocycles. The average molecular weight is 253 g/mol. The molecule has 0 spiro atoms. The number of carboxylic acids is 1. The van der Waals surface area contributed by atoms with Crippen molar-refractivity contribution in [1.82, 2.24) is 9.80 Å². The van der Waals surface area contributed by atoms with E-state index in [0.29, 0.717) is 25.4 Å². The molecule has 0 aromatic heterocycles. The molecule has 1 N–H and O–H groups in total. The van der Waals surface area contributed by atoms with Crippen LogP contribution in [0.15, 0.2) is 0 Å². The lowest BCUT2D eigenvalue weighted by Crippen LogP contribution is -2.53. The molecule has 2 amide bonds. The summed E-state index contributed by atoms with van der Waals surface area (Å²) in [5.74, 6) is -0.636. The molecule has 0 aromatic rings. The highest BCUT2D eigenvalue weighted by atomic mass is 16.4. The van der Waals surface area contributed by atoms with Crippen LogP contribution in [-0.4, -0.2) is 53.1 Å².